The maximum absolute atomic E-state index is 12.8. The fourth-order valence-electron chi connectivity index (χ4n) is 1.43. The third kappa shape index (κ3) is 5.03. The highest BCUT2D eigenvalue weighted by atomic mass is 79.9. The number of rotatable bonds is 4. The van der Waals surface area contributed by atoms with E-state index in [0.29, 0.717) is 0 Å². The maximum Gasteiger partial charge on any atom is 0.573 e. The van der Waals surface area contributed by atoms with Crippen LogP contribution in [0.3, 0.4) is 0 Å². The van der Waals surface area contributed by atoms with Gasteiger partial charge in [0.2, 0.25) is 0 Å². The van der Waals surface area contributed by atoms with Gasteiger partial charge < -0.3 is 4.74 Å². The average Bonchev–Trinajstić information content (AvgIpc) is 2.27. The number of benzene rings is 1. The summed E-state index contributed by atoms with van der Waals surface area (Å²) in [6.45, 7) is 0. The molecule has 0 atom stereocenters. The van der Waals surface area contributed by atoms with Crippen molar-refractivity contribution in [3.63, 3.8) is 0 Å². The van der Waals surface area contributed by atoms with Gasteiger partial charge in [0.05, 0.1) is 10.9 Å². The molecule has 0 bridgehead atoms. The summed E-state index contributed by atoms with van der Waals surface area (Å²) < 4.78 is 77.6. The predicted molar refractivity (Wildman–Crippen MR) is 60.6 cm³/mol. The Morgan fingerprint density at radius 1 is 1.15 bits per heavy atom. The number of carbonyl (C=O) groups is 1. The Morgan fingerprint density at radius 3 is 2.20 bits per heavy atom. The maximum atomic E-state index is 12.8. The van der Waals surface area contributed by atoms with E-state index >= 15 is 0 Å². The first-order chi connectivity index (χ1) is 9.03. The molecule has 1 rings (SSSR count). The molecule has 0 amide bonds. The first-order valence-corrected chi connectivity index (χ1v) is 6.18. The van der Waals surface area contributed by atoms with Crippen molar-refractivity contribution in [2.24, 2.45) is 0 Å². The highest BCUT2D eigenvalue weighted by Crippen LogP contribution is 2.36. The summed E-state index contributed by atoms with van der Waals surface area (Å²) in [5.41, 5.74) is -1.73. The molecule has 0 saturated carbocycles. The molecule has 0 radical (unpaired) electrons. The molecular weight excluding hydrogens is 358 g/mol. The molecule has 20 heavy (non-hydrogen) atoms. The zero-order valence-corrected chi connectivity index (χ0v) is 11.2. The zero-order chi connectivity index (χ0) is 15.6. The van der Waals surface area contributed by atoms with E-state index in [2.05, 4.69) is 20.7 Å². The van der Waals surface area contributed by atoms with Gasteiger partial charge >= 0.3 is 12.5 Å². The van der Waals surface area contributed by atoms with Crippen LogP contribution in [0.4, 0.5) is 26.3 Å². The molecule has 0 aliphatic carbocycles. The Kier molecular flexibility index (Phi) is 5.06. The van der Waals surface area contributed by atoms with E-state index < -0.39 is 41.6 Å². The third-order valence-corrected chi connectivity index (χ3v) is 2.78. The molecule has 0 N–H and O–H groups in total. The molecule has 0 fully saturated rings. The van der Waals surface area contributed by atoms with E-state index in [1.807, 2.05) is 0 Å². The van der Waals surface area contributed by atoms with E-state index in [1.54, 1.807) is 0 Å². The van der Waals surface area contributed by atoms with E-state index in [9.17, 15) is 31.1 Å². The number of alkyl halides is 7. The lowest BCUT2D eigenvalue weighted by Gasteiger charge is -2.15. The van der Waals surface area contributed by atoms with Crippen LogP contribution in [0.15, 0.2) is 18.2 Å². The highest BCUT2D eigenvalue weighted by Gasteiger charge is 2.36. The Hall–Kier alpha value is -1.25. The fraction of sp³-hybridized carbons (Fsp3) is 0.364. The quantitative estimate of drug-likeness (QED) is 0.593. The highest BCUT2D eigenvalue weighted by molar-refractivity contribution is 9.09. The molecule has 0 aliphatic heterocycles. The first-order valence-electron chi connectivity index (χ1n) is 5.06. The normalized spacial score (nSPS) is 12.3. The molecule has 0 saturated heterocycles. The van der Waals surface area contributed by atoms with Crippen LogP contribution in [0.5, 0.6) is 5.75 Å². The lowest BCUT2D eigenvalue weighted by atomic mass is 10.0. The standard InChI is InChI=1S/C11H7BrF6O2/c12-5-7(19)3-6-1-2-8(20-11(16,17)18)4-9(6)10(13,14)15/h1-2,4H,3,5H2. The van der Waals surface area contributed by atoms with Crippen LogP contribution in [-0.4, -0.2) is 17.5 Å². The van der Waals surface area contributed by atoms with Gasteiger partial charge in [0.15, 0.2) is 0 Å². The van der Waals surface area contributed by atoms with Gasteiger partial charge in [-0.15, -0.1) is 13.2 Å². The Balaban J connectivity index is 3.17. The van der Waals surface area contributed by atoms with E-state index in [4.69, 9.17) is 0 Å². The van der Waals surface area contributed by atoms with Crippen molar-refractivity contribution >= 4 is 21.7 Å². The smallest absolute Gasteiger partial charge is 0.406 e. The van der Waals surface area contributed by atoms with Gasteiger partial charge in [-0.25, -0.2) is 0 Å². The molecule has 0 aliphatic rings. The van der Waals surface area contributed by atoms with Crippen LogP contribution in [0.1, 0.15) is 11.1 Å². The summed E-state index contributed by atoms with van der Waals surface area (Å²) >= 11 is 2.80. The summed E-state index contributed by atoms with van der Waals surface area (Å²) in [5, 5.41) is -0.148. The van der Waals surface area contributed by atoms with Gasteiger partial charge in [-0.2, -0.15) is 13.2 Å². The molecule has 1 aromatic rings. The monoisotopic (exact) mass is 364 g/mol. The Bertz CT molecular complexity index is 495. The number of carbonyl (C=O) groups excluding carboxylic acids is 1. The van der Waals surface area contributed by atoms with Gasteiger partial charge in [0, 0.05) is 6.42 Å². The molecule has 0 unspecified atom stereocenters. The van der Waals surface area contributed by atoms with Crippen molar-refractivity contribution < 1.29 is 35.9 Å². The largest absolute Gasteiger partial charge is 0.573 e. The molecule has 1 aromatic carbocycles. The summed E-state index contributed by atoms with van der Waals surface area (Å²) in [4.78, 5) is 11.1. The number of hydrogen-bond acceptors (Lipinski definition) is 2. The van der Waals surface area contributed by atoms with Gasteiger partial charge in [0.25, 0.3) is 0 Å². The van der Waals surface area contributed by atoms with Gasteiger partial charge in [-0.05, 0) is 17.7 Å². The Morgan fingerprint density at radius 2 is 1.75 bits per heavy atom. The van der Waals surface area contributed by atoms with Crippen LogP contribution < -0.4 is 4.74 Å². The number of hydrogen-bond donors (Lipinski definition) is 0. The van der Waals surface area contributed by atoms with Crippen molar-refractivity contribution in [3.8, 4) is 5.75 Å². The third-order valence-electron chi connectivity index (χ3n) is 2.16. The van der Waals surface area contributed by atoms with Crippen molar-refractivity contribution in [1.82, 2.24) is 0 Å². The molecular formula is C11H7BrF6O2. The second kappa shape index (κ2) is 6.02. The molecule has 0 heterocycles. The van der Waals surface area contributed by atoms with Crippen LogP contribution in [0.2, 0.25) is 0 Å². The molecule has 2 nitrogen and oxygen atoms in total. The van der Waals surface area contributed by atoms with Gasteiger partial charge in [0.1, 0.15) is 11.5 Å². The number of ether oxygens (including phenoxy) is 1. The van der Waals surface area contributed by atoms with Crippen LogP contribution in [0, 0.1) is 0 Å². The SMILES string of the molecule is O=C(CBr)Cc1ccc(OC(F)(F)F)cc1C(F)(F)F. The van der Waals surface area contributed by atoms with Crippen LogP contribution in [-0.2, 0) is 17.4 Å². The van der Waals surface area contributed by atoms with Crippen molar-refractivity contribution in [2.45, 2.75) is 19.0 Å². The summed E-state index contributed by atoms with van der Waals surface area (Å²) in [6, 6.07) is 1.76. The number of ketones is 1. The second-order valence-electron chi connectivity index (χ2n) is 3.71. The van der Waals surface area contributed by atoms with Gasteiger partial charge in [-0.1, -0.05) is 22.0 Å². The summed E-state index contributed by atoms with van der Waals surface area (Å²) in [5.74, 6) is -1.51. The lowest BCUT2D eigenvalue weighted by Crippen LogP contribution is -2.19. The molecule has 9 heteroatoms. The first kappa shape index (κ1) is 16.8. The van der Waals surface area contributed by atoms with Gasteiger partial charge in [-0.3, -0.25) is 4.79 Å². The number of halogens is 7. The average molecular weight is 365 g/mol. The van der Waals surface area contributed by atoms with E-state index in [1.165, 1.54) is 0 Å². The van der Waals surface area contributed by atoms with Crippen molar-refractivity contribution in [1.29, 1.82) is 0 Å². The van der Waals surface area contributed by atoms with E-state index in [0.717, 1.165) is 12.1 Å². The van der Waals surface area contributed by atoms with E-state index in [-0.39, 0.29) is 11.4 Å². The molecule has 0 aromatic heterocycles. The second-order valence-corrected chi connectivity index (χ2v) is 4.27. The minimum absolute atomic E-state index is 0.148. The summed E-state index contributed by atoms with van der Waals surface area (Å²) in [7, 11) is 0. The Labute approximate surface area is 117 Å². The molecule has 112 valence electrons. The van der Waals surface area contributed by atoms with Crippen molar-refractivity contribution in [3.05, 3.63) is 29.3 Å². The minimum Gasteiger partial charge on any atom is -0.406 e. The predicted octanol–water partition coefficient (Wildman–Crippen LogP) is 4.11. The van der Waals surface area contributed by atoms with Crippen LogP contribution in [0.25, 0.3) is 0 Å². The fourth-order valence-corrected chi connectivity index (χ4v) is 1.63. The summed E-state index contributed by atoms with van der Waals surface area (Å²) in [6.07, 6.45) is -10.5. The molecule has 0 spiro atoms. The number of Topliss-reactive ketones (excluding diaryl/α,β-unsaturated/α-hetero) is 1. The lowest BCUT2D eigenvalue weighted by molar-refractivity contribution is -0.274. The minimum atomic E-state index is -5.09. The topological polar surface area (TPSA) is 26.3 Å². The zero-order valence-electron chi connectivity index (χ0n) is 9.61. The van der Waals surface area contributed by atoms with Crippen molar-refractivity contribution in [2.75, 3.05) is 5.33 Å². The van der Waals surface area contributed by atoms with Crippen LogP contribution >= 0.6 is 15.9 Å².